The summed E-state index contributed by atoms with van der Waals surface area (Å²) in [5.41, 5.74) is -6.28. The first-order valence-corrected chi connectivity index (χ1v) is 7.00. The zero-order chi connectivity index (χ0) is 15.1. The van der Waals surface area contributed by atoms with E-state index in [0.717, 1.165) is 0 Å². The van der Waals surface area contributed by atoms with E-state index in [1.807, 2.05) is 5.10 Å². The maximum atomic E-state index is 12.3. The molecule has 1 aromatic carbocycles. The fourth-order valence-corrected chi connectivity index (χ4v) is 2.12. The molecule has 0 unspecified atom stereocenters. The van der Waals surface area contributed by atoms with Crippen LogP contribution in [0.25, 0.3) is 10.8 Å². The molecule has 0 atom stereocenters. The highest BCUT2D eigenvalue weighted by molar-refractivity contribution is 9.10. The van der Waals surface area contributed by atoms with Crippen LogP contribution in [0.5, 0.6) is 5.88 Å². The van der Waals surface area contributed by atoms with Gasteiger partial charge in [0, 0.05) is 4.47 Å². The third kappa shape index (κ3) is 2.63. The highest BCUT2D eigenvalue weighted by Gasteiger charge is 2.49. The van der Waals surface area contributed by atoms with Gasteiger partial charge in [0.05, 0.1) is 10.8 Å². The number of hydrogen-bond acceptors (Lipinski definition) is 5. The van der Waals surface area contributed by atoms with Crippen LogP contribution >= 0.6 is 15.9 Å². The smallest absolute Gasteiger partial charge is 0.353 e. The molecule has 0 saturated heterocycles. The number of nitrogens with one attached hydrogen (secondary N) is 1. The molecular formula is C9H4BrF3N2O4S. The summed E-state index contributed by atoms with van der Waals surface area (Å²) in [6.07, 6.45) is 0. The molecule has 0 fully saturated rings. The largest absolute Gasteiger partial charge is 0.534 e. The predicted octanol–water partition coefficient (Wildman–Crippen LogP) is 1.91. The second-order valence-electron chi connectivity index (χ2n) is 3.53. The van der Waals surface area contributed by atoms with Gasteiger partial charge in [-0.25, -0.2) is 5.10 Å². The Hall–Kier alpha value is -1.62. The van der Waals surface area contributed by atoms with Crippen molar-refractivity contribution in [1.82, 2.24) is 10.2 Å². The highest BCUT2D eigenvalue weighted by Crippen LogP contribution is 2.29. The Balaban J connectivity index is 2.65. The Labute approximate surface area is 117 Å². The van der Waals surface area contributed by atoms with E-state index in [-0.39, 0.29) is 10.8 Å². The molecule has 0 bridgehead atoms. The number of nitrogens with zero attached hydrogens (tertiary/aromatic N) is 1. The van der Waals surface area contributed by atoms with E-state index in [2.05, 4.69) is 25.2 Å². The van der Waals surface area contributed by atoms with Gasteiger partial charge in [0.2, 0.25) is 0 Å². The van der Waals surface area contributed by atoms with Crippen molar-refractivity contribution >= 4 is 36.8 Å². The normalized spacial score (nSPS) is 12.6. The Morgan fingerprint density at radius 1 is 1.25 bits per heavy atom. The summed E-state index contributed by atoms with van der Waals surface area (Å²) < 4.78 is 63.0. The Morgan fingerprint density at radius 2 is 1.90 bits per heavy atom. The molecule has 2 rings (SSSR count). The first-order valence-electron chi connectivity index (χ1n) is 4.80. The van der Waals surface area contributed by atoms with E-state index in [1.54, 1.807) is 0 Å². The van der Waals surface area contributed by atoms with Gasteiger partial charge in [-0.15, -0.1) is 5.10 Å². The van der Waals surface area contributed by atoms with Gasteiger partial charge in [-0.05, 0) is 18.2 Å². The molecule has 6 nitrogen and oxygen atoms in total. The van der Waals surface area contributed by atoms with E-state index >= 15 is 0 Å². The van der Waals surface area contributed by atoms with Crippen molar-refractivity contribution in [2.45, 2.75) is 5.51 Å². The second kappa shape index (κ2) is 4.74. The number of H-pyrrole nitrogens is 1. The summed E-state index contributed by atoms with van der Waals surface area (Å²) in [4.78, 5) is 11.4. The molecule has 0 aliphatic rings. The van der Waals surface area contributed by atoms with Gasteiger partial charge in [-0.2, -0.15) is 21.6 Å². The van der Waals surface area contributed by atoms with Crippen molar-refractivity contribution in [2.24, 2.45) is 0 Å². The van der Waals surface area contributed by atoms with Gasteiger partial charge < -0.3 is 4.18 Å². The molecule has 0 amide bonds. The van der Waals surface area contributed by atoms with Crippen LogP contribution in [0.1, 0.15) is 0 Å². The van der Waals surface area contributed by atoms with Crippen LogP contribution in [-0.2, 0) is 10.1 Å². The fraction of sp³-hybridized carbons (Fsp3) is 0.111. The average molecular weight is 373 g/mol. The zero-order valence-electron chi connectivity index (χ0n) is 9.23. The maximum Gasteiger partial charge on any atom is 0.534 e. The fourth-order valence-electron chi connectivity index (χ4n) is 1.33. The van der Waals surface area contributed by atoms with E-state index in [4.69, 9.17) is 0 Å². The number of aromatic amines is 1. The number of rotatable bonds is 2. The molecule has 1 heterocycles. The molecule has 20 heavy (non-hydrogen) atoms. The molecule has 0 aliphatic carbocycles. The van der Waals surface area contributed by atoms with Crippen LogP contribution < -0.4 is 9.74 Å². The van der Waals surface area contributed by atoms with Crippen LogP contribution in [0, 0.1) is 0 Å². The average Bonchev–Trinajstić information content (AvgIpc) is 2.31. The van der Waals surface area contributed by atoms with Crippen molar-refractivity contribution in [2.75, 3.05) is 0 Å². The summed E-state index contributed by atoms with van der Waals surface area (Å²) in [6, 6.07) is 3.96. The minimum atomic E-state index is -5.87. The van der Waals surface area contributed by atoms with Gasteiger partial charge in [-0.3, -0.25) is 4.79 Å². The number of aromatic nitrogens is 2. The van der Waals surface area contributed by atoms with Crippen molar-refractivity contribution < 1.29 is 25.8 Å². The molecule has 1 N–H and O–H groups in total. The Bertz CT molecular complexity index is 831. The lowest BCUT2D eigenvalue weighted by molar-refractivity contribution is -0.0501. The van der Waals surface area contributed by atoms with Crippen molar-refractivity contribution in [1.29, 1.82) is 0 Å². The quantitative estimate of drug-likeness (QED) is 0.642. The first kappa shape index (κ1) is 14.8. The minimum Gasteiger partial charge on any atom is -0.353 e. The third-order valence-corrected chi connectivity index (χ3v) is 3.63. The van der Waals surface area contributed by atoms with Crippen molar-refractivity contribution in [3.05, 3.63) is 33.0 Å². The molecule has 0 radical (unpaired) electrons. The first-order chi connectivity index (χ1) is 9.12. The summed E-state index contributed by atoms with van der Waals surface area (Å²) in [6.45, 7) is 0. The minimum absolute atomic E-state index is 0.0597. The van der Waals surface area contributed by atoms with Crippen LogP contribution in [0.2, 0.25) is 0 Å². The highest BCUT2D eigenvalue weighted by atomic mass is 79.9. The van der Waals surface area contributed by atoms with E-state index < -0.39 is 27.1 Å². The molecule has 108 valence electrons. The summed E-state index contributed by atoms with van der Waals surface area (Å²) in [7, 11) is -5.87. The van der Waals surface area contributed by atoms with E-state index in [0.29, 0.717) is 4.47 Å². The molecule has 0 saturated carbocycles. The lowest BCUT2D eigenvalue weighted by Gasteiger charge is -2.09. The SMILES string of the molecule is O=c1[nH]nc(OS(=O)(=O)C(F)(F)F)c2cc(Br)ccc12. The number of hydrogen-bond donors (Lipinski definition) is 1. The van der Waals surface area contributed by atoms with Gasteiger partial charge in [0.15, 0.2) is 0 Å². The molecule has 2 aromatic rings. The molecule has 1 aromatic heterocycles. The lowest BCUT2D eigenvalue weighted by Crippen LogP contribution is -2.29. The van der Waals surface area contributed by atoms with Crippen LogP contribution in [0.15, 0.2) is 27.5 Å². The monoisotopic (exact) mass is 372 g/mol. The molecule has 11 heteroatoms. The summed E-state index contributed by atoms with van der Waals surface area (Å²) >= 11 is 3.04. The lowest BCUT2D eigenvalue weighted by atomic mass is 10.2. The topological polar surface area (TPSA) is 89.1 Å². The number of alkyl halides is 3. The van der Waals surface area contributed by atoms with Crippen molar-refractivity contribution in [3.63, 3.8) is 0 Å². The van der Waals surface area contributed by atoms with Gasteiger partial charge in [0.1, 0.15) is 0 Å². The van der Waals surface area contributed by atoms with Crippen LogP contribution in [0.3, 0.4) is 0 Å². The molecule has 0 aliphatic heterocycles. The molecular weight excluding hydrogens is 369 g/mol. The van der Waals surface area contributed by atoms with Gasteiger partial charge >= 0.3 is 15.6 Å². The summed E-state index contributed by atoms with van der Waals surface area (Å²) in [5.74, 6) is -0.863. The number of benzene rings is 1. The van der Waals surface area contributed by atoms with Crippen LogP contribution in [0.4, 0.5) is 13.2 Å². The number of fused-ring (bicyclic) bond motifs is 1. The third-order valence-electron chi connectivity index (χ3n) is 2.19. The van der Waals surface area contributed by atoms with E-state index in [9.17, 15) is 26.4 Å². The van der Waals surface area contributed by atoms with E-state index in [1.165, 1.54) is 18.2 Å². The van der Waals surface area contributed by atoms with Crippen LogP contribution in [-0.4, -0.2) is 24.1 Å². The Morgan fingerprint density at radius 3 is 2.50 bits per heavy atom. The van der Waals surface area contributed by atoms with Gasteiger partial charge in [0.25, 0.3) is 11.4 Å². The maximum absolute atomic E-state index is 12.3. The summed E-state index contributed by atoms with van der Waals surface area (Å²) in [5, 5.41) is 4.82. The zero-order valence-corrected chi connectivity index (χ0v) is 11.6. The number of halogens is 4. The Kier molecular flexibility index (Phi) is 3.50. The van der Waals surface area contributed by atoms with Gasteiger partial charge in [-0.1, -0.05) is 15.9 Å². The van der Waals surface area contributed by atoms with Crippen molar-refractivity contribution in [3.8, 4) is 5.88 Å². The standard InChI is InChI=1S/C9H4BrF3N2O4S/c10-4-1-2-5-6(3-4)8(15-14-7(5)16)19-20(17,18)9(11,12)13/h1-3H,(H,14,16). The second-order valence-corrected chi connectivity index (χ2v) is 5.98. The predicted molar refractivity (Wildman–Crippen MR) is 65.7 cm³/mol. The molecule has 0 spiro atoms.